The van der Waals surface area contributed by atoms with Crippen LogP contribution in [0, 0.1) is 19.3 Å². The van der Waals surface area contributed by atoms with Crippen LogP contribution in [0.3, 0.4) is 0 Å². The van der Waals surface area contributed by atoms with Crippen molar-refractivity contribution in [2.45, 2.75) is 51.7 Å². The smallest absolute Gasteiger partial charge is 0.321 e. The second-order valence-electron chi connectivity index (χ2n) is 6.69. The van der Waals surface area contributed by atoms with E-state index in [-0.39, 0.29) is 17.5 Å². The van der Waals surface area contributed by atoms with Crippen molar-refractivity contribution in [3.05, 3.63) is 23.5 Å². The van der Waals surface area contributed by atoms with Crippen LogP contribution in [-0.4, -0.2) is 42.2 Å². The van der Waals surface area contributed by atoms with Gasteiger partial charge >= 0.3 is 6.03 Å². The van der Waals surface area contributed by atoms with E-state index in [1.807, 2.05) is 31.9 Å². The number of anilines is 1. The van der Waals surface area contributed by atoms with Crippen molar-refractivity contribution in [2.75, 3.05) is 19.5 Å². The molecule has 1 aromatic heterocycles. The number of nitrogens with one attached hydrogen (secondary N) is 1. The van der Waals surface area contributed by atoms with Crippen molar-refractivity contribution in [1.82, 2.24) is 9.88 Å². The van der Waals surface area contributed by atoms with Crippen LogP contribution in [0.1, 0.15) is 36.9 Å². The van der Waals surface area contributed by atoms with Crippen LogP contribution in [0.15, 0.2) is 12.3 Å². The van der Waals surface area contributed by atoms with Crippen LogP contribution in [0.25, 0.3) is 0 Å². The summed E-state index contributed by atoms with van der Waals surface area (Å²) in [6, 6.07) is 2.15. The molecule has 0 aromatic carbocycles. The molecule has 1 spiro atoms. The predicted molar refractivity (Wildman–Crippen MR) is 86.0 cm³/mol. The third-order valence-electron chi connectivity index (χ3n) is 5.68. The average molecular weight is 303 g/mol. The van der Waals surface area contributed by atoms with Crippen molar-refractivity contribution in [2.24, 2.45) is 5.41 Å². The van der Waals surface area contributed by atoms with Crippen LogP contribution in [0.2, 0.25) is 0 Å². The Kier molecular flexibility index (Phi) is 3.85. The van der Waals surface area contributed by atoms with Gasteiger partial charge in [-0.2, -0.15) is 0 Å². The van der Waals surface area contributed by atoms with Gasteiger partial charge in [-0.3, -0.25) is 4.98 Å². The molecule has 2 saturated carbocycles. The maximum Gasteiger partial charge on any atom is 0.321 e. The monoisotopic (exact) mass is 303 g/mol. The van der Waals surface area contributed by atoms with Crippen molar-refractivity contribution >= 4 is 11.7 Å². The van der Waals surface area contributed by atoms with E-state index in [9.17, 15) is 4.79 Å². The molecule has 1 aromatic rings. The Labute approximate surface area is 132 Å². The van der Waals surface area contributed by atoms with Gasteiger partial charge in [0, 0.05) is 31.8 Å². The number of amides is 2. The zero-order valence-corrected chi connectivity index (χ0v) is 13.8. The number of hydrogen-bond donors (Lipinski definition) is 1. The molecular weight excluding hydrogens is 278 g/mol. The predicted octanol–water partition coefficient (Wildman–Crippen LogP) is 3.12. The highest BCUT2D eigenvalue weighted by Gasteiger charge is 2.60. The van der Waals surface area contributed by atoms with Gasteiger partial charge in [0.05, 0.1) is 17.5 Å². The van der Waals surface area contributed by atoms with Crippen molar-refractivity contribution < 1.29 is 9.53 Å². The quantitative estimate of drug-likeness (QED) is 0.933. The van der Waals surface area contributed by atoms with E-state index in [0.717, 1.165) is 23.4 Å². The molecule has 0 saturated heterocycles. The summed E-state index contributed by atoms with van der Waals surface area (Å²) in [6.45, 7) is 3.91. The Balaban J connectivity index is 1.71. The number of rotatable bonds is 3. The first-order chi connectivity index (χ1) is 10.5. The lowest BCUT2D eigenvalue weighted by molar-refractivity contribution is -0.181. The van der Waals surface area contributed by atoms with E-state index in [4.69, 9.17) is 4.74 Å². The maximum absolute atomic E-state index is 12.6. The fourth-order valence-corrected chi connectivity index (χ4v) is 4.06. The molecule has 5 heteroatoms. The highest BCUT2D eigenvalue weighted by atomic mass is 16.5. The summed E-state index contributed by atoms with van der Waals surface area (Å²) < 4.78 is 5.59. The van der Waals surface area contributed by atoms with E-state index in [2.05, 4.69) is 10.3 Å². The summed E-state index contributed by atoms with van der Waals surface area (Å²) in [7, 11) is 3.68. The highest BCUT2D eigenvalue weighted by Crippen LogP contribution is 2.58. The standard InChI is InChI=1S/C17H25N3O2/c1-11-6-9-18-12(2)15(11)19-16(21)20(3)13-10-14(22-4)17(13)7-5-8-17/h6,9,13-14H,5,7-8,10H2,1-4H3,(H,19,21). The van der Waals surface area contributed by atoms with Gasteiger partial charge in [0.15, 0.2) is 0 Å². The topological polar surface area (TPSA) is 54.5 Å². The number of aromatic nitrogens is 1. The fraction of sp³-hybridized carbons (Fsp3) is 0.647. The molecule has 2 amide bonds. The molecular formula is C17H25N3O2. The minimum atomic E-state index is -0.0509. The number of carbonyl (C=O) groups is 1. The normalized spacial score (nSPS) is 25.3. The Morgan fingerprint density at radius 3 is 2.73 bits per heavy atom. The number of urea groups is 1. The Morgan fingerprint density at radius 1 is 1.45 bits per heavy atom. The van der Waals surface area contributed by atoms with Crippen LogP contribution >= 0.6 is 0 Å². The zero-order chi connectivity index (χ0) is 15.9. The van der Waals surface area contributed by atoms with Crippen molar-refractivity contribution in [1.29, 1.82) is 0 Å². The summed E-state index contributed by atoms with van der Waals surface area (Å²) in [5, 5.41) is 3.03. The van der Waals surface area contributed by atoms with Crippen LogP contribution in [0.5, 0.6) is 0 Å². The number of pyridine rings is 1. The van der Waals surface area contributed by atoms with Gasteiger partial charge in [-0.25, -0.2) is 4.79 Å². The van der Waals surface area contributed by atoms with Crippen LogP contribution in [0.4, 0.5) is 10.5 Å². The average Bonchev–Trinajstić information content (AvgIpc) is 2.40. The number of hydrogen-bond acceptors (Lipinski definition) is 3. The van der Waals surface area contributed by atoms with Gasteiger partial charge < -0.3 is 15.0 Å². The number of carbonyl (C=O) groups excluding carboxylic acids is 1. The summed E-state index contributed by atoms with van der Waals surface area (Å²) >= 11 is 0. The lowest BCUT2D eigenvalue weighted by Gasteiger charge is -2.62. The fourth-order valence-electron chi connectivity index (χ4n) is 4.06. The second kappa shape index (κ2) is 5.54. The molecule has 0 aliphatic heterocycles. The maximum atomic E-state index is 12.6. The number of methoxy groups -OCH3 is 1. The number of nitrogens with zero attached hydrogens (tertiary/aromatic N) is 2. The minimum Gasteiger partial charge on any atom is -0.381 e. The van der Waals surface area contributed by atoms with Crippen molar-refractivity contribution in [3.63, 3.8) is 0 Å². The summed E-state index contributed by atoms with van der Waals surface area (Å²) in [5.74, 6) is 0. The molecule has 2 fully saturated rings. The third kappa shape index (κ3) is 2.19. The van der Waals surface area contributed by atoms with Gasteiger partial charge in [-0.1, -0.05) is 6.42 Å². The molecule has 1 heterocycles. The number of aryl methyl sites for hydroxylation is 2. The lowest BCUT2D eigenvalue weighted by Crippen LogP contribution is -2.68. The molecule has 2 aliphatic rings. The van der Waals surface area contributed by atoms with Gasteiger partial charge in [-0.05, 0) is 44.7 Å². The Morgan fingerprint density at radius 2 is 2.18 bits per heavy atom. The van der Waals surface area contributed by atoms with E-state index >= 15 is 0 Å². The van der Waals surface area contributed by atoms with Crippen LogP contribution in [-0.2, 0) is 4.74 Å². The van der Waals surface area contributed by atoms with E-state index in [1.165, 1.54) is 19.3 Å². The highest BCUT2D eigenvalue weighted by molar-refractivity contribution is 5.91. The molecule has 22 heavy (non-hydrogen) atoms. The van der Waals surface area contributed by atoms with Gasteiger partial charge in [0.2, 0.25) is 0 Å². The minimum absolute atomic E-state index is 0.0509. The molecule has 120 valence electrons. The second-order valence-corrected chi connectivity index (χ2v) is 6.69. The molecule has 2 aliphatic carbocycles. The Bertz CT molecular complexity index is 563. The molecule has 0 radical (unpaired) electrons. The number of ether oxygens (including phenoxy) is 1. The molecule has 0 bridgehead atoms. The first-order valence-corrected chi connectivity index (χ1v) is 7.98. The first-order valence-electron chi connectivity index (χ1n) is 7.98. The van der Waals surface area contributed by atoms with Gasteiger partial charge in [0.25, 0.3) is 0 Å². The van der Waals surface area contributed by atoms with Gasteiger partial charge in [0.1, 0.15) is 0 Å². The molecule has 2 unspecified atom stereocenters. The lowest BCUT2D eigenvalue weighted by atomic mass is 9.50. The summed E-state index contributed by atoms with van der Waals surface area (Å²) in [5.41, 5.74) is 2.91. The van der Waals surface area contributed by atoms with E-state index < -0.39 is 0 Å². The first kappa shape index (κ1) is 15.3. The molecule has 1 N–H and O–H groups in total. The zero-order valence-electron chi connectivity index (χ0n) is 13.8. The SMILES string of the molecule is COC1CC(N(C)C(=O)Nc2c(C)ccnc2C)C12CCC2. The summed E-state index contributed by atoms with van der Waals surface area (Å²) in [4.78, 5) is 18.7. The molecule has 3 rings (SSSR count). The van der Waals surface area contributed by atoms with E-state index in [0.29, 0.717) is 6.10 Å². The summed E-state index contributed by atoms with van der Waals surface area (Å²) in [6.07, 6.45) is 6.58. The molecule has 5 nitrogen and oxygen atoms in total. The van der Waals surface area contributed by atoms with Crippen LogP contribution < -0.4 is 5.32 Å². The van der Waals surface area contributed by atoms with E-state index in [1.54, 1.807) is 13.3 Å². The van der Waals surface area contributed by atoms with Gasteiger partial charge in [-0.15, -0.1) is 0 Å². The largest absolute Gasteiger partial charge is 0.381 e. The van der Waals surface area contributed by atoms with Crippen molar-refractivity contribution in [3.8, 4) is 0 Å². The Hall–Kier alpha value is -1.62. The third-order valence-corrected chi connectivity index (χ3v) is 5.68. The molecule has 2 atom stereocenters.